The highest BCUT2D eigenvalue weighted by atomic mass is 15.2. The number of aryl methyl sites for hydroxylation is 1. The molecule has 0 aliphatic heterocycles. The Kier molecular flexibility index (Phi) is 4.75. The van der Waals surface area contributed by atoms with Crippen molar-refractivity contribution >= 4 is 0 Å². The molecule has 0 bridgehead atoms. The maximum absolute atomic E-state index is 5.75. The topological polar surface area (TPSA) is 67.6 Å². The lowest BCUT2D eigenvalue weighted by atomic mass is 9.94. The lowest BCUT2D eigenvalue weighted by molar-refractivity contribution is 0.409. The molecule has 3 N–H and O–H groups in total. The number of rotatable bonds is 6. The molecule has 4 heteroatoms. The lowest BCUT2D eigenvalue weighted by Gasteiger charge is -2.15. The average Bonchev–Trinajstić information content (AvgIpc) is 2.64. The maximum Gasteiger partial charge on any atom is 0.150 e. The second-order valence-electron chi connectivity index (χ2n) is 4.49. The fourth-order valence-corrected chi connectivity index (χ4v) is 1.79. The Morgan fingerprint density at radius 3 is 2.60 bits per heavy atom. The zero-order chi connectivity index (χ0) is 11.3. The molecular weight excluding hydrogens is 188 g/mol. The van der Waals surface area contributed by atoms with Gasteiger partial charge in [0.15, 0.2) is 0 Å². The quantitative estimate of drug-likeness (QED) is 0.748. The van der Waals surface area contributed by atoms with Gasteiger partial charge >= 0.3 is 0 Å². The smallest absolute Gasteiger partial charge is 0.150 e. The van der Waals surface area contributed by atoms with Crippen molar-refractivity contribution in [1.82, 2.24) is 15.2 Å². The van der Waals surface area contributed by atoms with Crippen LogP contribution in [0.15, 0.2) is 0 Å². The summed E-state index contributed by atoms with van der Waals surface area (Å²) in [5.74, 6) is 3.07. The molecule has 0 aliphatic rings. The molecule has 1 unspecified atom stereocenters. The van der Waals surface area contributed by atoms with E-state index in [9.17, 15) is 0 Å². The summed E-state index contributed by atoms with van der Waals surface area (Å²) in [7, 11) is 0. The first-order valence-corrected chi connectivity index (χ1v) is 5.75. The number of hydrogen-bond donors (Lipinski definition) is 2. The molecule has 0 aromatic carbocycles. The first kappa shape index (κ1) is 12.2. The molecule has 1 aromatic rings. The van der Waals surface area contributed by atoms with Gasteiger partial charge in [0.1, 0.15) is 11.6 Å². The summed E-state index contributed by atoms with van der Waals surface area (Å²) in [6, 6.07) is 0. The van der Waals surface area contributed by atoms with Crippen molar-refractivity contribution < 1.29 is 0 Å². The van der Waals surface area contributed by atoms with Crippen LogP contribution in [-0.4, -0.2) is 21.7 Å². The molecular formula is C11H22N4. The van der Waals surface area contributed by atoms with Gasteiger partial charge in [0, 0.05) is 12.8 Å². The van der Waals surface area contributed by atoms with Crippen LogP contribution in [0.3, 0.4) is 0 Å². The monoisotopic (exact) mass is 210 g/mol. The molecule has 0 radical (unpaired) electrons. The van der Waals surface area contributed by atoms with Gasteiger partial charge in [0.25, 0.3) is 0 Å². The summed E-state index contributed by atoms with van der Waals surface area (Å²) in [6.45, 7) is 7.23. The number of nitrogens with one attached hydrogen (secondary N) is 1. The van der Waals surface area contributed by atoms with Crippen molar-refractivity contribution in [3.63, 3.8) is 0 Å². The van der Waals surface area contributed by atoms with Gasteiger partial charge in [-0.3, -0.25) is 5.10 Å². The van der Waals surface area contributed by atoms with E-state index in [1.807, 2.05) is 0 Å². The molecule has 15 heavy (non-hydrogen) atoms. The molecule has 0 amide bonds. The Bertz CT molecular complexity index is 280. The zero-order valence-corrected chi connectivity index (χ0v) is 9.95. The van der Waals surface area contributed by atoms with Crippen molar-refractivity contribution in [2.24, 2.45) is 17.6 Å². The highest BCUT2D eigenvalue weighted by Crippen LogP contribution is 2.14. The Morgan fingerprint density at radius 2 is 2.13 bits per heavy atom. The summed E-state index contributed by atoms with van der Waals surface area (Å²) in [5, 5.41) is 7.10. The fourth-order valence-electron chi connectivity index (χ4n) is 1.79. The number of H-pyrrole nitrogens is 1. The molecule has 0 fully saturated rings. The molecule has 0 spiro atoms. The number of aromatic amines is 1. The molecule has 0 saturated heterocycles. The second kappa shape index (κ2) is 5.85. The molecule has 0 saturated carbocycles. The standard InChI is InChI=1S/C11H22N4/c1-4-10-13-11(15-14-10)6-9(7-12)5-8(2)3/h8-9H,4-7,12H2,1-3H3,(H,13,14,15). The Hall–Kier alpha value is -0.900. The molecule has 0 aliphatic carbocycles. The predicted octanol–water partition coefficient (Wildman–Crippen LogP) is 1.53. The minimum atomic E-state index is 0.516. The average molecular weight is 210 g/mol. The molecule has 1 aromatic heterocycles. The van der Waals surface area contributed by atoms with E-state index >= 15 is 0 Å². The summed E-state index contributed by atoms with van der Waals surface area (Å²) in [6.07, 6.45) is 2.95. The molecule has 1 rings (SSSR count). The number of hydrogen-bond acceptors (Lipinski definition) is 3. The summed E-state index contributed by atoms with van der Waals surface area (Å²) in [4.78, 5) is 4.40. The fraction of sp³-hybridized carbons (Fsp3) is 0.818. The van der Waals surface area contributed by atoms with E-state index in [1.54, 1.807) is 0 Å². The SMILES string of the molecule is CCc1n[nH]c(CC(CN)CC(C)C)n1. The van der Waals surface area contributed by atoms with E-state index in [0.717, 1.165) is 37.5 Å². The second-order valence-corrected chi connectivity index (χ2v) is 4.49. The van der Waals surface area contributed by atoms with Gasteiger partial charge in [-0.05, 0) is 24.8 Å². The van der Waals surface area contributed by atoms with Crippen molar-refractivity contribution in [3.05, 3.63) is 11.6 Å². The van der Waals surface area contributed by atoms with Gasteiger partial charge in [-0.1, -0.05) is 20.8 Å². The number of nitrogens with two attached hydrogens (primary N) is 1. The van der Waals surface area contributed by atoms with E-state index in [2.05, 4.69) is 36.0 Å². The Morgan fingerprint density at radius 1 is 1.40 bits per heavy atom. The van der Waals surface area contributed by atoms with Crippen molar-refractivity contribution in [2.75, 3.05) is 6.54 Å². The van der Waals surface area contributed by atoms with Crippen LogP contribution in [-0.2, 0) is 12.8 Å². The third-order valence-corrected chi connectivity index (χ3v) is 2.51. The van der Waals surface area contributed by atoms with Gasteiger partial charge < -0.3 is 5.73 Å². The predicted molar refractivity (Wildman–Crippen MR) is 61.5 cm³/mol. The van der Waals surface area contributed by atoms with Crippen LogP contribution >= 0.6 is 0 Å². The highest BCUT2D eigenvalue weighted by Gasteiger charge is 2.12. The van der Waals surface area contributed by atoms with Crippen LogP contribution in [0.25, 0.3) is 0 Å². The zero-order valence-electron chi connectivity index (χ0n) is 9.95. The van der Waals surface area contributed by atoms with Crippen LogP contribution in [0, 0.1) is 11.8 Å². The van der Waals surface area contributed by atoms with Gasteiger partial charge in [0.2, 0.25) is 0 Å². The first-order valence-electron chi connectivity index (χ1n) is 5.75. The lowest BCUT2D eigenvalue weighted by Crippen LogP contribution is -2.19. The van der Waals surface area contributed by atoms with Crippen LogP contribution in [0.4, 0.5) is 0 Å². The van der Waals surface area contributed by atoms with E-state index < -0.39 is 0 Å². The molecule has 1 atom stereocenters. The van der Waals surface area contributed by atoms with Gasteiger partial charge in [-0.25, -0.2) is 4.98 Å². The maximum atomic E-state index is 5.75. The third kappa shape index (κ3) is 4.00. The summed E-state index contributed by atoms with van der Waals surface area (Å²) in [5.41, 5.74) is 5.75. The van der Waals surface area contributed by atoms with Gasteiger partial charge in [0.05, 0.1) is 0 Å². The van der Waals surface area contributed by atoms with Crippen LogP contribution in [0.1, 0.15) is 38.8 Å². The summed E-state index contributed by atoms with van der Waals surface area (Å²) >= 11 is 0. The van der Waals surface area contributed by atoms with E-state index in [1.165, 1.54) is 0 Å². The minimum Gasteiger partial charge on any atom is -0.330 e. The van der Waals surface area contributed by atoms with Crippen LogP contribution in [0.2, 0.25) is 0 Å². The van der Waals surface area contributed by atoms with E-state index in [0.29, 0.717) is 11.8 Å². The van der Waals surface area contributed by atoms with Gasteiger partial charge in [-0.2, -0.15) is 5.10 Å². The van der Waals surface area contributed by atoms with Gasteiger partial charge in [-0.15, -0.1) is 0 Å². The largest absolute Gasteiger partial charge is 0.330 e. The summed E-state index contributed by atoms with van der Waals surface area (Å²) < 4.78 is 0. The highest BCUT2D eigenvalue weighted by molar-refractivity contribution is 4.91. The van der Waals surface area contributed by atoms with Crippen LogP contribution in [0.5, 0.6) is 0 Å². The molecule has 4 nitrogen and oxygen atoms in total. The minimum absolute atomic E-state index is 0.516. The van der Waals surface area contributed by atoms with E-state index in [4.69, 9.17) is 5.73 Å². The molecule has 86 valence electrons. The van der Waals surface area contributed by atoms with E-state index in [-0.39, 0.29) is 0 Å². The number of nitrogens with zero attached hydrogens (tertiary/aromatic N) is 2. The van der Waals surface area contributed by atoms with Crippen molar-refractivity contribution in [2.45, 2.75) is 40.0 Å². The Balaban J connectivity index is 2.50. The van der Waals surface area contributed by atoms with Crippen molar-refractivity contribution in [1.29, 1.82) is 0 Å². The molecule has 1 heterocycles. The Labute approximate surface area is 91.7 Å². The normalized spacial score (nSPS) is 13.4. The third-order valence-electron chi connectivity index (χ3n) is 2.51. The first-order chi connectivity index (χ1) is 7.15. The van der Waals surface area contributed by atoms with Crippen LogP contribution < -0.4 is 5.73 Å². The van der Waals surface area contributed by atoms with Crippen molar-refractivity contribution in [3.8, 4) is 0 Å². The number of aromatic nitrogens is 3.